The maximum Gasteiger partial charge on any atom is 0.227 e. The maximum atomic E-state index is 12.3. The molecule has 1 aliphatic heterocycles. The van der Waals surface area contributed by atoms with Crippen molar-refractivity contribution in [1.29, 1.82) is 0 Å². The third-order valence-corrected chi connectivity index (χ3v) is 4.70. The van der Waals surface area contributed by atoms with Crippen LogP contribution < -0.4 is 24.8 Å². The van der Waals surface area contributed by atoms with E-state index in [0.717, 1.165) is 29.9 Å². The minimum Gasteiger partial charge on any atom is -0.493 e. The van der Waals surface area contributed by atoms with E-state index in [4.69, 9.17) is 18.9 Å². The highest BCUT2D eigenvalue weighted by atomic mass is 16.5. The van der Waals surface area contributed by atoms with Crippen molar-refractivity contribution in [1.82, 2.24) is 0 Å². The molecule has 1 aliphatic rings. The third kappa shape index (κ3) is 4.67. The Morgan fingerprint density at radius 2 is 1.46 bits per heavy atom. The Balaban J connectivity index is 1.68. The van der Waals surface area contributed by atoms with Gasteiger partial charge >= 0.3 is 0 Å². The molecule has 0 bridgehead atoms. The van der Waals surface area contributed by atoms with Crippen molar-refractivity contribution in [3.63, 3.8) is 0 Å². The predicted octanol–water partition coefficient (Wildman–Crippen LogP) is 3.82. The number of ether oxygens (including phenoxy) is 4. The number of hydrogen-bond acceptors (Lipinski definition) is 6. The molecule has 1 saturated heterocycles. The van der Waals surface area contributed by atoms with E-state index in [-0.39, 0.29) is 11.8 Å². The zero-order valence-corrected chi connectivity index (χ0v) is 16.4. The van der Waals surface area contributed by atoms with Gasteiger partial charge in [-0.15, -0.1) is 0 Å². The van der Waals surface area contributed by atoms with Crippen LogP contribution in [0.3, 0.4) is 0 Å². The molecule has 2 N–H and O–H groups in total. The fraction of sp³-hybridized carbons (Fsp3) is 0.381. The normalized spacial score (nSPS) is 14.2. The summed E-state index contributed by atoms with van der Waals surface area (Å²) in [6, 6.07) is 11.2. The molecule has 1 amide bonds. The van der Waals surface area contributed by atoms with Crippen LogP contribution in [0.15, 0.2) is 36.4 Å². The number of carbonyl (C=O) groups excluding carboxylic acids is 1. The average molecular weight is 386 g/mol. The maximum absolute atomic E-state index is 12.3. The largest absolute Gasteiger partial charge is 0.493 e. The molecule has 1 fully saturated rings. The van der Waals surface area contributed by atoms with Crippen LogP contribution >= 0.6 is 0 Å². The minimum atomic E-state index is 0.0192. The van der Waals surface area contributed by atoms with Crippen molar-refractivity contribution in [2.24, 2.45) is 5.92 Å². The summed E-state index contributed by atoms with van der Waals surface area (Å²) >= 11 is 0. The number of rotatable bonds is 7. The molecule has 28 heavy (non-hydrogen) atoms. The van der Waals surface area contributed by atoms with Crippen LogP contribution in [0.2, 0.25) is 0 Å². The Hall–Kier alpha value is -2.93. The van der Waals surface area contributed by atoms with Crippen molar-refractivity contribution < 1.29 is 23.7 Å². The summed E-state index contributed by atoms with van der Waals surface area (Å²) < 4.78 is 21.4. The molecular weight excluding hydrogens is 360 g/mol. The quantitative estimate of drug-likeness (QED) is 0.753. The predicted molar refractivity (Wildman–Crippen MR) is 108 cm³/mol. The average Bonchev–Trinajstić information content (AvgIpc) is 2.75. The number of nitrogens with one attached hydrogen (secondary N) is 2. The number of anilines is 3. The van der Waals surface area contributed by atoms with Gasteiger partial charge in [-0.05, 0) is 37.1 Å². The molecular formula is C21H26N2O5. The van der Waals surface area contributed by atoms with Gasteiger partial charge in [-0.3, -0.25) is 4.79 Å². The molecule has 0 radical (unpaired) electrons. The molecule has 0 saturated carbocycles. The van der Waals surface area contributed by atoms with Gasteiger partial charge in [-0.2, -0.15) is 0 Å². The molecule has 3 rings (SSSR count). The molecule has 2 aromatic carbocycles. The van der Waals surface area contributed by atoms with Gasteiger partial charge in [0.05, 0.1) is 21.3 Å². The van der Waals surface area contributed by atoms with E-state index in [0.29, 0.717) is 30.5 Å². The molecule has 0 spiro atoms. The van der Waals surface area contributed by atoms with Crippen LogP contribution in [0.1, 0.15) is 12.8 Å². The van der Waals surface area contributed by atoms with Gasteiger partial charge in [0, 0.05) is 48.3 Å². The number of methoxy groups -OCH3 is 3. The van der Waals surface area contributed by atoms with Crippen molar-refractivity contribution in [2.75, 3.05) is 45.2 Å². The van der Waals surface area contributed by atoms with E-state index in [1.807, 2.05) is 36.4 Å². The fourth-order valence-corrected chi connectivity index (χ4v) is 3.16. The summed E-state index contributed by atoms with van der Waals surface area (Å²) in [6.07, 6.45) is 1.54. The van der Waals surface area contributed by atoms with E-state index in [2.05, 4.69) is 10.6 Å². The number of amides is 1. The molecule has 7 nitrogen and oxygen atoms in total. The van der Waals surface area contributed by atoms with E-state index >= 15 is 0 Å². The molecule has 1 heterocycles. The van der Waals surface area contributed by atoms with Gasteiger partial charge in [0.25, 0.3) is 0 Å². The molecule has 0 unspecified atom stereocenters. The monoisotopic (exact) mass is 386 g/mol. The minimum absolute atomic E-state index is 0.0192. The van der Waals surface area contributed by atoms with E-state index < -0.39 is 0 Å². The van der Waals surface area contributed by atoms with Gasteiger partial charge in [0.1, 0.15) is 0 Å². The molecule has 0 atom stereocenters. The summed E-state index contributed by atoms with van der Waals surface area (Å²) in [5, 5.41) is 6.28. The Morgan fingerprint density at radius 1 is 0.893 bits per heavy atom. The van der Waals surface area contributed by atoms with Crippen molar-refractivity contribution in [2.45, 2.75) is 12.8 Å². The van der Waals surface area contributed by atoms with Gasteiger partial charge in [0.2, 0.25) is 11.7 Å². The Labute approximate surface area is 164 Å². The molecule has 2 aromatic rings. The van der Waals surface area contributed by atoms with Gasteiger partial charge in [-0.1, -0.05) is 0 Å². The van der Waals surface area contributed by atoms with Crippen LogP contribution in [0, 0.1) is 5.92 Å². The summed E-state index contributed by atoms with van der Waals surface area (Å²) in [5.74, 6) is 1.76. The summed E-state index contributed by atoms with van der Waals surface area (Å²) in [5.41, 5.74) is 2.44. The Kier molecular flexibility index (Phi) is 6.60. The molecule has 0 aromatic heterocycles. The van der Waals surface area contributed by atoms with Crippen molar-refractivity contribution in [3.8, 4) is 17.2 Å². The Bertz CT molecular complexity index is 776. The van der Waals surface area contributed by atoms with Crippen molar-refractivity contribution in [3.05, 3.63) is 36.4 Å². The fourth-order valence-electron chi connectivity index (χ4n) is 3.16. The lowest BCUT2D eigenvalue weighted by Gasteiger charge is -2.21. The summed E-state index contributed by atoms with van der Waals surface area (Å²) in [6.45, 7) is 1.30. The van der Waals surface area contributed by atoms with E-state index in [1.165, 1.54) is 0 Å². The lowest BCUT2D eigenvalue weighted by molar-refractivity contribution is -0.122. The van der Waals surface area contributed by atoms with E-state index in [9.17, 15) is 4.79 Å². The lowest BCUT2D eigenvalue weighted by atomic mass is 9.99. The second kappa shape index (κ2) is 9.32. The van der Waals surface area contributed by atoms with Crippen LogP contribution in [0.5, 0.6) is 17.2 Å². The first-order valence-electron chi connectivity index (χ1n) is 9.20. The first-order valence-corrected chi connectivity index (χ1v) is 9.20. The lowest BCUT2D eigenvalue weighted by Crippen LogP contribution is -2.28. The van der Waals surface area contributed by atoms with Crippen LogP contribution in [0.25, 0.3) is 0 Å². The summed E-state index contributed by atoms with van der Waals surface area (Å²) in [7, 11) is 4.73. The number of benzene rings is 2. The topological polar surface area (TPSA) is 78.1 Å². The standard InChI is InChI=1S/C21H26N2O5/c1-25-18-12-17(13-19(26-2)20(18)27-3)22-15-4-6-16(7-5-15)23-21(24)14-8-10-28-11-9-14/h4-7,12-14,22H,8-11H2,1-3H3,(H,23,24). The number of carbonyl (C=O) groups is 1. The second-order valence-corrected chi connectivity index (χ2v) is 6.49. The molecule has 150 valence electrons. The highest BCUT2D eigenvalue weighted by molar-refractivity contribution is 5.92. The SMILES string of the molecule is COc1cc(Nc2ccc(NC(=O)C3CCOCC3)cc2)cc(OC)c1OC. The first-order chi connectivity index (χ1) is 13.6. The highest BCUT2D eigenvalue weighted by Crippen LogP contribution is 2.40. The van der Waals surface area contributed by atoms with Gasteiger partial charge in [-0.25, -0.2) is 0 Å². The van der Waals surface area contributed by atoms with Crippen LogP contribution in [0.4, 0.5) is 17.1 Å². The van der Waals surface area contributed by atoms with Crippen molar-refractivity contribution >= 4 is 23.0 Å². The first kappa shape index (κ1) is 19.8. The Morgan fingerprint density at radius 3 is 2.00 bits per heavy atom. The zero-order valence-electron chi connectivity index (χ0n) is 16.4. The smallest absolute Gasteiger partial charge is 0.227 e. The van der Waals surface area contributed by atoms with Gasteiger partial charge < -0.3 is 29.6 Å². The number of hydrogen-bond donors (Lipinski definition) is 2. The summed E-state index contributed by atoms with van der Waals surface area (Å²) in [4.78, 5) is 12.3. The molecule has 7 heteroatoms. The van der Waals surface area contributed by atoms with Crippen LogP contribution in [-0.4, -0.2) is 40.5 Å². The second-order valence-electron chi connectivity index (χ2n) is 6.49. The van der Waals surface area contributed by atoms with Crippen LogP contribution in [-0.2, 0) is 9.53 Å². The highest BCUT2D eigenvalue weighted by Gasteiger charge is 2.21. The van der Waals surface area contributed by atoms with Gasteiger partial charge in [0.15, 0.2) is 11.5 Å². The zero-order chi connectivity index (χ0) is 19.9. The van der Waals surface area contributed by atoms with E-state index in [1.54, 1.807) is 21.3 Å². The molecule has 0 aliphatic carbocycles. The third-order valence-electron chi connectivity index (χ3n) is 4.70.